The number of alkyl halides is 3. The van der Waals surface area contributed by atoms with Gasteiger partial charge in [-0.1, -0.05) is 97.3 Å². The van der Waals surface area contributed by atoms with Gasteiger partial charge in [-0.15, -0.1) is 0 Å². The van der Waals surface area contributed by atoms with Crippen LogP contribution in [0.15, 0.2) is 0 Å². The molecule has 0 unspecified atom stereocenters. The van der Waals surface area contributed by atoms with Crippen LogP contribution in [-0.4, -0.2) is 48.7 Å². The average molecular weight is 636 g/mol. The van der Waals surface area contributed by atoms with E-state index < -0.39 is 39.1 Å². The lowest BCUT2D eigenvalue weighted by Gasteiger charge is -2.02. The van der Waals surface area contributed by atoms with Crippen LogP contribution < -0.4 is 0 Å². The molecule has 0 aromatic rings. The zero-order chi connectivity index (χ0) is 28.0. The summed E-state index contributed by atoms with van der Waals surface area (Å²) in [5, 5.41) is 0. The lowest BCUT2D eigenvalue weighted by molar-refractivity contribution is -0.106. The van der Waals surface area contributed by atoms with E-state index in [2.05, 4.69) is 28.3 Å². The Morgan fingerprint density at radius 3 is 0.971 bits per heavy atom. The van der Waals surface area contributed by atoms with Gasteiger partial charge in [0.15, 0.2) is 5.75 Å². The molecule has 0 spiro atoms. The van der Waals surface area contributed by atoms with Crippen molar-refractivity contribution in [2.45, 2.75) is 110 Å². The molecule has 0 saturated carbocycles. The molecule has 0 aliphatic heterocycles. The minimum Gasteiger partial charge on any atom is -0.212 e. The number of unbranched alkanes of at least 4 members (excludes halogenated alkanes) is 13. The molecule has 0 radical (unpaired) electrons. The summed E-state index contributed by atoms with van der Waals surface area (Å²) in [5.41, 5.74) is 0. The first-order valence-corrected chi connectivity index (χ1v) is 19.1. The van der Waals surface area contributed by atoms with Crippen molar-refractivity contribution < 1.29 is 38.4 Å². The molecule has 0 N–H and O–H groups in total. The Morgan fingerprint density at radius 2 is 0.800 bits per heavy atom. The third kappa shape index (κ3) is 51.9. The van der Waals surface area contributed by atoms with Gasteiger partial charge in [-0.2, -0.15) is 13.2 Å². The average Bonchev–Trinajstić information content (AvgIpc) is 2.65. The van der Waals surface area contributed by atoms with E-state index in [1.54, 1.807) is 0 Å². The van der Waals surface area contributed by atoms with Gasteiger partial charge in [-0.05, 0) is 6.42 Å². The summed E-state index contributed by atoms with van der Waals surface area (Å²) in [6.07, 6.45) is 13.1. The molecule has 0 heterocycles. The summed E-state index contributed by atoms with van der Waals surface area (Å²) in [6, 6.07) is 0. The topological polar surface area (TPSA) is 102 Å². The van der Waals surface area contributed by atoms with Crippen LogP contribution in [0.3, 0.4) is 0 Å². The van der Waals surface area contributed by atoms with Crippen molar-refractivity contribution in [1.82, 2.24) is 0 Å². The third-order valence-electron chi connectivity index (χ3n) is 4.42. The van der Waals surface area contributed by atoms with Gasteiger partial charge in [0, 0.05) is 32.0 Å². The predicted molar refractivity (Wildman–Crippen MR) is 141 cm³/mol. The monoisotopic (exact) mass is 634 g/mol. The van der Waals surface area contributed by atoms with Gasteiger partial charge >= 0.3 is 6.18 Å². The maximum Gasteiger partial charge on any atom is 0.404 e. The van der Waals surface area contributed by atoms with Gasteiger partial charge in [0.05, 0.1) is 11.5 Å². The van der Waals surface area contributed by atoms with Crippen LogP contribution >= 0.6 is 32.0 Å². The molecule has 0 bridgehead atoms. The van der Waals surface area contributed by atoms with E-state index >= 15 is 0 Å². The van der Waals surface area contributed by atoms with Crippen molar-refractivity contribution >= 4 is 59.2 Å². The minimum atomic E-state index is -4.74. The van der Waals surface area contributed by atoms with Crippen molar-refractivity contribution in [3.63, 3.8) is 0 Å². The van der Waals surface area contributed by atoms with Crippen LogP contribution in [0.25, 0.3) is 0 Å². The largest absolute Gasteiger partial charge is 0.404 e. The summed E-state index contributed by atoms with van der Waals surface area (Å²) < 4.78 is 93.6. The summed E-state index contributed by atoms with van der Waals surface area (Å²) in [4.78, 5) is 0. The van der Waals surface area contributed by atoms with Crippen LogP contribution in [0.1, 0.15) is 104 Å². The van der Waals surface area contributed by atoms with Crippen molar-refractivity contribution in [3.05, 3.63) is 0 Å². The normalized spacial score (nSPS) is 12.3. The summed E-state index contributed by atoms with van der Waals surface area (Å²) in [5.74, 6) is -1.83. The zero-order valence-electron chi connectivity index (χ0n) is 20.5. The molecule has 0 aromatic carbocycles. The fraction of sp³-hybridized carbons (Fsp3) is 1.00. The summed E-state index contributed by atoms with van der Waals surface area (Å²) in [7, 11) is 3.22. The molecule has 35 heavy (non-hydrogen) atoms. The molecule has 0 saturated heterocycles. The van der Waals surface area contributed by atoms with Crippen LogP contribution in [0.2, 0.25) is 0 Å². The van der Waals surface area contributed by atoms with Crippen molar-refractivity contribution in [2.24, 2.45) is 0 Å². The molecule has 216 valence electrons. The Morgan fingerprint density at radius 1 is 0.514 bits per heavy atom. The van der Waals surface area contributed by atoms with Gasteiger partial charge < -0.3 is 0 Å². The smallest absolute Gasteiger partial charge is 0.212 e. The first-order valence-electron chi connectivity index (χ1n) is 11.7. The second-order valence-electron chi connectivity index (χ2n) is 7.97. The highest BCUT2D eigenvalue weighted by molar-refractivity contribution is 8.14. The molecule has 0 atom stereocenters. The second kappa shape index (κ2) is 22.5. The molecule has 15 heteroatoms. The Balaban J connectivity index is -0.000000559. The van der Waals surface area contributed by atoms with E-state index in [0.29, 0.717) is 6.42 Å². The quantitative estimate of drug-likeness (QED) is 0.120. The molecule has 0 aliphatic carbocycles. The molecular weight excluding hydrogens is 596 g/mol. The summed E-state index contributed by atoms with van der Waals surface area (Å²) >= 11 is 0. The van der Waals surface area contributed by atoms with Crippen LogP contribution in [0, 0.1) is 0 Å². The number of hydrogen-bond donors (Lipinski definition) is 0. The van der Waals surface area contributed by atoms with Crippen molar-refractivity contribution in [2.75, 3.05) is 17.3 Å². The molecular formula is C20H40Cl3F3O6S3. The molecule has 0 amide bonds. The van der Waals surface area contributed by atoms with E-state index in [9.17, 15) is 38.4 Å². The van der Waals surface area contributed by atoms with E-state index in [-0.39, 0.29) is 11.5 Å². The maximum atomic E-state index is 11.1. The Kier molecular flexibility index (Phi) is 25.7. The van der Waals surface area contributed by atoms with Crippen LogP contribution in [-0.2, 0) is 27.2 Å². The van der Waals surface area contributed by atoms with Crippen molar-refractivity contribution in [3.8, 4) is 0 Å². The molecule has 0 aliphatic rings. The van der Waals surface area contributed by atoms with Gasteiger partial charge in [0.1, 0.15) is 0 Å². The highest BCUT2D eigenvalue weighted by Crippen LogP contribution is 2.18. The Bertz CT molecular complexity index is 804. The fourth-order valence-corrected chi connectivity index (χ4v) is 4.30. The number of halogens is 6. The van der Waals surface area contributed by atoms with E-state index in [0.717, 1.165) is 12.8 Å². The van der Waals surface area contributed by atoms with E-state index in [1.807, 2.05) is 0 Å². The van der Waals surface area contributed by atoms with Gasteiger partial charge in [-0.25, -0.2) is 25.3 Å². The third-order valence-corrected chi connectivity index (χ3v) is 8.01. The van der Waals surface area contributed by atoms with E-state index in [4.69, 9.17) is 10.7 Å². The Labute approximate surface area is 223 Å². The predicted octanol–water partition coefficient (Wildman–Crippen LogP) is 7.73. The standard InChI is InChI=1S/C16H33ClO2S.C2H2ClF3O2S.C2H5ClO2S/c1-2-3-4-5-6-7-8-9-10-11-12-13-14-15-16-20(17,18)19;3-9(7,8)1-2(4,5)6;1-2-6(3,4)5/h2-16H2,1H3;1H2;2H2,1H3. The van der Waals surface area contributed by atoms with Gasteiger partial charge in [0.2, 0.25) is 27.2 Å². The van der Waals surface area contributed by atoms with Crippen LogP contribution in [0.4, 0.5) is 13.2 Å². The maximum absolute atomic E-state index is 11.1. The molecule has 0 fully saturated rings. The fourth-order valence-electron chi connectivity index (χ4n) is 2.66. The van der Waals surface area contributed by atoms with Gasteiger partial charge in [-0.3, -0.25) is 0 Å². The van der Waals surface area contributed by atoms with Crippen LogP contribution in [0.5, 0.6) is 0 Å². The van der Waals surface area contributed by atoms with Gasteiger partial charge in [0.25, 0.3) is 0 Å². The lowest BCUT2D eigenvalue weighted by atomic mass is 10.0. The zero-order valence-corrected chi connectivity index (χ0v) is 25.2. The second-order valence-corrected chi connectivity index (χ2v) is 16.7. The molecule has 0 aromatic heterocycles. The first-order chi connectivity index (χ1) is 15.8. The molecule has 6 nitrogen and oxygen atoms in total. The lowest BCUT2D eigenvalue weighted by Crippen LogP contribution is -2.18. The highest BCUT2D eigenvalue weighted by atomic mass is 35.7. The minimum absolute atomic E-state index is 0.00849. The van der Waals surface area contributed by atoms with E-state index in [1.165, 1.54) is 77.6 Å². The number of hydrogen-bond acceptors (Lipinski definition) is 6. The SMILES string of the molecule is CCCCCCCCCCCCCCCCS(=O)(=O)Cl.CCS(=O)(=O)Cl.O=S(=O)(Cl)CC(F)(F)F. The highest BCUT2D eigenvalue weighted by Gasteiger charge is 2.33. The first kappa shape index (κ1) is 40.0. The summed E-state index contributed by atoms with van der Waals surface area (Å²) in [6.45, 7) is 3.75. The molecule has 0 rings (SSSR count). The number of rotatable bonds is 17. The van der Waals surface area contributed by atoms with Crippen molar-refractivity contribution in [1.29, 1.82) is 0 Å². The Hall–Kier alpha value is 0.510.